The van der Waals surface area contributed by atoms with E-state index in [0.717, 1.165) is 16.6 Å². The first-order chi connectivity index (χ1) is 6.68. The summed E-state index contributed by atoms with van der Waals surface area (Å²) in [6.45, 7) is 0. The molecule has 2 aromatic rings. The molecule has 0 saturated heterocycles. The number of benzene rings is 1. The molecule has 14 heavy (non-hydrogen) atoms. The van der Waals surface area contributed by atoms with Crippen LogP contribution in [0.1, 0.15) is 0 Å². The standard InChI is InChI=1S/C11H12N2O/c1-13(2)10-7-8-5-3-4-6-9(8)11(14)12-10/h3-7H,1-2H3,(H,12,14). The highest BCUT2D eigenvalue weighted by molar-refractivity contribution is 5.83. The maximum absolute atomic E-state index is 11.6. The van der Waals surface area contributed by atoms with Gasteiger partial charge in [-0.3, -0.25) is 4.79 Å². The molecule has 0 aliphatic heterocycles. The van der Waals surface area contributed by atoms with Crippen molar-refractivity contribution in [2.75, 3.05) is 19.0 Å². The van der Waals surface area contributed by atoms with Crippen LogP contribution in [0.3, 0.4) is 0 Å². The maximum atomic E-state index is 11.6. The molecule has 1 N–H and O–H groups in total. The fraction of sp³-hybridized carbons (Fsp3) is 0.182. The Morgan fingerprint density at radius 1 is 1.21 bits per heavy atom. The van der Waals surface area contributed by atoms with Gasteiger partial charge in [-0.1, -0.05) is 18.2 Å². The molecular formula is C11H12N2O. The number of anilines is 1. The monoisotopic (exact) mass is 188 g/mol. The fourth-order valence-electron chi connectivity index (χ4n) is 1.44. The highest BCUT2D eigenvalue weighted by Gasteiger charge is 2.01. The lowest BCUT2D eigenvalue weighted by atomic mass is 10.2. The molecule has 0 aliphatic carbocycles. The zero-order chi connectivity index (χ0) is 10.1. The van der Waals surface area contributed by atoms with Crippen LogP contribution in [0, 0.1) is 0 Å². The smallest absolute Gasteiger partial charge is 0.257 e. The van der Waals surface area contributed by atoms with Gasteiger partial charge in [0.2, 0.25) is 0 Å². The van der Waals surface area contributed by atoms with E-state index in [2.05, 4.69) is 4.98 Å². The molecule has 72 valence electrons. The normalized spacial score (nSPS) is 10.4. The summed E-state index contributed by atoms with van der Waals surface area (Å²) in [6, 6.07) is 9.54. The summed E-state index contributed by atoms with van der Waals surface area (Å²) in [5.74, 6) is 0.828. The molecule has 1 aromatic heterocycles. The third-order valence-corrected chi connectivity index (χ3v) is 2.22. The zero-order valence-electron chi connectivity index (χ0n) is 8.24. The van der Waals surface area contributed by atoms with Crippen molar-refractivity contribution >= 4 is 16.6 Å². The van der Waals surface area contributed by atoms with Crippen LogP contribution < -0.4 is 10.5 Å². The van der Waals surface area contributed by atoms with Crippen molar-refractivity contribution in [2.45, 2.75) is 0 Å². The van der Waals surface area contributed by atoms with Gasteiger partial charge in [0.25, 0.3) is 5.56 Å². The summed E-state index contributed by atoms with van der Waals surface area (Å²) >= 11 is 0. The van der Waals surface area contributed by atoms with Crippen molar-refractivity contribution < 1.29 is 0 Å². The second-order valence-electron chi connectivity index (χ2n) is 3.47. The summed E-state index contributed by atoms with van der Waals surface area (Å²) in [5, 5.41) is 1.71. The van der Waals surface area contributed by atoms with E-state index in [0.29, 0.717) is 0 Å². The highest BCUT2D eigenvalue weighted by Crippen LogP contribution is 2.13. The molecule has 3 heteroatoms. The summed E-state index contributed by atoms with van der Waals surface area (Å²) in [4.78, 5) is 16.3. The average molecular weight is 188 g/mol. The molecule has 1 heterocycles. The fourth-order valence-corrected chi connectivity index (χ4v) is 1.44. The first-order valence-electron chi connectivity index (χ1n) is 4.48. The van der Waals surface area contributed by atoms with E-state index in [9.17, 15) is 4.79 Å². The summed E-state index contributed by atoms with van der Waals surface area (Å²) in [5.41, 5.74) is -0.0354. The van der Waals surface area contributed by atoms with Crippen LogP contribution in [0.2, 0.25) is 0 Å². The quantitative estimate of drug-likeness (QED) is 0.737. The zero-order valence-corrected chi connectivity index (χ0v) is 8.24. The van der Waals surface area contributed by atoms with E-state index in [1.165, 1.54) is 0 Å². The topological polar surface area (TPSA) is 36.1 Å². The number of H-pyrrole nitrogens is 1. The third kappa shape index (κ3) is 1.37. The molecule has 0 amide bonds. The molecule has 2 rings (SSSR count). The van der Waals surface area contributed by atoms with E-state index in [1.54, 1.807) is 0 Å². The SMILES string of the molecule is CN(C)c1cc2ccccc2c(=O)[nH]1. The Morgan fingerprint density at radius 3 is 2.64 bits per heavy atom. The Bertz CT molecular complexity index is 514. The number of nitrogens with zero attached hydrogens (tertiary/aromatic N) is 1. The Hall–Kier alpha value is -1.77. The van der Waals surface area contributed by atoms with Crippen LogP contribution in [0.4, 0.5) is 5.82 Å². The van der Waals surface area contributed by atoms with Crippen LogP contribution in [0.25, 0.3) is 10.8 Å². The van der Waals surface area contributed by atoms with Crippen molar-refractivity contribution in [1.29, 1.82) is 0 Å². The number of pyridine rings is 1. The summed E-state index contributed by atoms with van der Waals surface area (Å²) < 4.78 is 0. The van der Waals surface area contributed by atoms with Crippen molar-refractivity contribution in [1.82, 2.24) is 4.98 Å². The number of aromatic nitrogens is 1. The first kappa shape index (κ1) is 8.81. The maximum Gasteiger partial charge on any atom is 0.257 e. The van der Waals surface area contributed by atoms with Crippen molar-refractivity contribution in [2.24, 2.45) is 0 Å². The van der Waals surface area contributed by atoms with Crippen LogP contribution in [0.15, 0.2) is 35.1 Å². The van der Waals surface area contributed by atoms with Crippen LogP contribution in [0.5, 0.6) is 0 Å². The number of fused-ring (bicyclic) bond motifs is 1. The molecule has 1 aromatic carbocycles. The lowest BCUT2D eigenvalue weighted by Gasteiger charge is -2.12. The molecule has 0 atom stereocenters. The minimum atomic E-state index is -0.0354. The number of nitrogens with one attached hydrogen (secondary N) is 1. The van der Waals surface area contributed by atoms with Gasteiger partial charge in [-0.25, -0.2) is 0 Å². The van der Waals surface area contributed by atoms with Crippen LogP contribution in [-0.2, 0) is 0 Å². The molecular weight excluding hydrogens is 176 g/mol. The van der Waals surface area contributed by atoms with E-state index in [4.69, 9.17) is 0 Å². The Morgan fingerprint density at radius 2 is 1.93 bits per heavy atom. The number of hydrogen-bond acceptors (Lipinski definition) is 2. The van der Waals surface area contributed by atoms with Crippen molar-refractivity contribution in [3.63, 3.8) is 0 Å². The Labute approximate surface area is 82.0 Å². The highest BCUT2D eigenvalue weighted by atomic mass is 16.1. The largest absolute Gasteiger partial charge is 0.364 e. The second kappa shape index (κ2) is 3.18. The predicted molar refractivity (Wildman–Crippen MR) is 58.9 cm³/mol. The van der Waals surface area contributed by atoms with Gasteiger partial charge in [0.15, 0.2) is 0 Å². The predicted octanol–water partition coefficient (Wildman–Crippen LogP) is 1.59. The minimum Gasteiger partial charge on any atom is -0.364 e. The minimum absolute atomic E-state index is 0.0354. The van der Waals surface area contributed by atoms with E-state index < -0.39 is 0 Å². The molecule has 0 spiro atoms. The molecule has 0 saturated carbocycles. The van der Waals surface area contributed by atoms with E-state index in [-0.39, 0.29) is 5.56 Å². The van der Waals surface area contributed by atoms with Gasteiger partial charge in [-0.15, -0.1) is 0 Å². The second-order valence-corrected chi connectivity index (χ2v) is 3.47. The van der Waals surface area contributed by atoms with Gasteiger partial charge >= 0.3 is 0 Å². The lowest BCUT2D eigenvalue weighted by molar-refractivity contribution is 1.06. The molecule has 0 radical (unpaired) electrons. The van der Waals surface area contributed by atoms with Crippen molar-refractivity contribution in [3.8, 4) is 0 Å². The molecule has 3 nitrogen and oxygen atoms in total. The molecule has 0 fully saturated rings. The van der Waals surface area contributed by atoms with E-state index >= 15 is 0 Å². The van der Waals surface area contributed by atoms with Gasteiger partial charge in [-0.05, 0) is 17.5 Å². The summed E-state index contributed by atoms with van der Waals surface area (Å²) in [7, 11) is 3.81. The summed E-state index contributed by atoms with van der Waals surface area (Å²) in [6.07, 6.45) is 0. The van der Waals surface area contributed by atoms with Gasteiger partial charge in [0.1, 0.15) is 5.82 Å². The van der Waals surface area contributed by atoms with Gasteiger partial charge in [-0.2, -0.15) is 0 Å². The third-order valence-electron chi connectivity index (χ3n) is 2.22. The van der Waals surface area contributed by atoms with Crippen LogP contribution >= 0.6 is 0 Å². The van der Waals surface area contributed by atoms with Crippen LogP contribution in [-0.4, -0.2) is 19.1 Å². The van der Waals surface area contributed by atoms with Gasteiger partial charge in [0.05, 0.1) is 0 Å². The molecule has 0 bridgehead atoms. The lowest BCUT2D eigenvalue weighted by Crippen LogP contribution is -2.16. The number of rotatable bonds is 1. The average Bonchev–Trinajstić information content (AvgIpc) is 2.17. The number of hydrogen-bond donors (Lipinski definition) is 1. The van der Waals surface area contributed by atoms with Crippen molar-refractivity contribution in [3.05, 3.63) is 40.7 Å². The van der Waals surface area contributed by atoms with Gasteiger partial charge < -0.3 is 9.88 Å². The Kier molecular flexibility index (Phi) is 2.00. The first-order valence-corrected chi connectivity index (χ1v) is 4.48. The molecule has 0 unspecified atom stereocenters. The van der Waals surface area contributed by atoms with E-state index in [1.807, 2.05) is 49.3 Å². The molecule has 0 aliphatic rings. The van der Waals surface area contributed by atoms with Gasteiger partial charge in [0, 0.05) is 19.5 Å². The Balaban J connectivity index is 2.79. The number of aromatic amines is 1.